The van der Waals surface area contributed by atoms with Crippen molar-refractivity contribution < 1.29 is 29.4 Å². The molecule has 2 aliphatic rings. The predicted octanol–water partition coefficient (Wildman–Crippen LogP) is 2.08. The number of ketones is 4. The van der Waals surface area contributed by atoms with Gasteiger partial charge in [-0.15, -0.1) is 0 Å². The monoisotopic (exact) mass is 330 g/mol. The second kappa shape index (κ2) is 5.40. The Hall–Kier alpha value is -2.76. The van der Waals surface area contributed by atoms with Crippen LogP contribution in [0.1, 0.15) is 27.7 Å². The largest absolute Gasteiger partial charge is 0.504 e. The van der Waals surface area contributed by atoms with Gasteiger partial charge in [-0.05, 0) is 39.8 Å². The zero-order valence-electron chi connectivity index (χ0n) is 13.8. The Morgan fingerprint density at radius 1 is 0.667 bits per heavy atom. The predicted molar refractivity (Wildman–Crippen MR) is 85.2 cm³/mol. The van der Waals surface area contributed by atoms with Crippen molar-refractivity contribution in [3.05, 3.63) is 47.0 Å². The van der Waals surface area contributed by atoms with Gasteiger partial charge in [-0.25, -0.2) is 0 Å². The second-order valence-corrected chi connectivity index (χ2v) is 6.87. The maximum Gasteiger partial charge on any atom is 0.210 e. The van der Waals surface area contributed by atoms with Crippen molar-refractivity contribution in [1.29, 1.82) is 0 Å². The number of hydrogen-bond donors (Lipinski definition) is 2. The summed E-state index contributed by atoms with van der Waals surface area (Å²) in [6, 6.07) is 0. The molecule has 0 fully saturated rings. The number of hydrogen-bond acceptors (Lipinski definition) is 6. The van der Waals surface area contributed by atoms with Crippen LogP contribution >= 0.6 is 0 Å². The molecule has 0 saturated heterocycles. The second-order valence-electron chi connectivity index (χ2n) is 6.87. The van der Waals surface area contributed by atoms with Crippen molar-refractivity contribution in [2.75, 3.05) is 0 Å². The molecule has 6 nitrogen and oxygen atoms in total. The molecule has 126 valence electrons. The number of Topliss-reactive ketones (excluding diaryl/α,β-unsaturated/α-hetero) is 4. The van der Waals surface area contributed by atoms with E-state index in [1.54, 1.807) is 0 Å². The van der Waals surface area contributed by atoms with Crippen LogP contribution in [0.15, 0.2) is 47.0 Å². The lowest BCUT2D eigenvalue weighted by atomic mass is 9.74. The third-order valence-corrected chi connectivity index (χ3v) is 4.29. The maximum atomic E-state index is 12.3. The molecule has 24 heavy (non-hydrogen) atoms. The van der Waals surface area contributed by atoms with E-state index in [2.05, 4.69) is 0 Å². The smallest absolute Gasteiger partial charge is 0.210 e. The van der Waals surface area contributed by atoms with Crippen LogP contribution in [0.25, 0.3) is 0 Å². The molecule has 2 rings (SSSR count). The van der Waals surface area contributed by atoms with Crippen molar-refractivity contribution in [3.8, 4) is 0 Å². The van der Waals surface area contributed by atoms with Crippen LogP contribution in [0, 0.1) is 10.8 Å². The molecule has 0 bridgehead atoms. The van der Waals surface area contributed by atoms with Gasteiger partial charge in [-0.3, -0.25) is 19.2 Å². The molecule has 0 aromatic heterocycles. The fourth-order valence-corrected chi connectivity index (χ4v) is 2.55. The maximum absolute atomic E-state index is 12.3. The van der Waals surface area contributed by atoms with Gasteiger partial charge in [0.05, 0.1) is 10.8 Å². The van der Waals surface area contributed by atoms with E-state index in [1.807, 2.05) is 0 Å². The molecular weight excluding hydrogens is 312 g/mol. The summed E-state index contributed by atoms with van der Waals surface area (Å²) in [6.07, 6.45) is 4.66. The Kier molecular flexibility index (Phi) is 3.96. The van der Waals surface area contributed by atoms with Crippen LogP contribution in [0.5, 0.6) is 0 Å². The number of carbonyl (C=O) groups excluding carboxylic acids is 4. The van der Waals surface area contributed by atoms with E-state index in [-0.39, 0.29) is 11.1 Å². The Morgan fingerprint density at radius 2 is 0.958 bits per heavy atom. The molecular formula is C18H18O6. The third-order valence-electron chi connectivity index (χ3n) is 4.29. The fraction of sp³-hybridized carbons (Fsp3) is 0.333. The summed E-state index contributed by atoms with van der Waals surface area (Å²) in [6.45, 7) is 5.62. The Labute approximate surface area is 138 Å². The van der Waals surface area contributed by atoms with Crippen LogP contribution in [-0.2, 0) is 19.2 Å². The average Bonchev–Trinajstić information content (AvgIpc) is 2.51. The molecule has 0 saturated carbocycles. The van der Waals surface area contributed by atoms with E-state index in [9.17, 15) is 29.4 Å². The lowest BCUT2D eigenvalue weighted by Gasteiger charge is -2.26. The normalized spacial score (nSPS) is 26.7. The van der Waals surface area contributed by atoms with Gasteiger partial charge in [0.2, 0.25) is 11.6 Å². The fourth-order valence-electron chi connectivity index (χ4n) is 2.55. The van der Waals surface area contributed by atoms with Crippen molar-refractivity contribution >= 4 is 23.1 Å². The SMILES string of the molecule is CC1(C)C(=O)C(O)=C/C(=C/C=C2/C=C(O)C(=O)C(C)(C)C2=O)C1=O. The molecule has 0 spiro atoms. The lowest BCUT2D eigenvalue weighted by Crippen LogP contribution is -2.39. The molecule has 0 aliphatic heterocycles. The minimum Gasteiger partial charge on any atom is -0.504 e. The van der Waals surface area contributed by atoms with E-state index in [0.29, 0.717) is 0 Å². The highest BCUT2D eigenvalue weighted by atomic mass is 16.3. The first kappa shape index (κ1) is 17.6. The van der Waals surface area contributed by atoms with Gasteiger partial charge in [0.15, 0.2) is 23.1 Å². The quantitative estimate of drug-likeness (QED) is 0.563. The van der Waals surface area contributed by atoms with Crippen LogP contribution in [-0.4, -0.2) is 33.3 Å². The van der Waals surface area contributed by atoms with Gasteiger partial charge in [0.1, 0.15) is 0 Å². The summed E-state index contributed by atoms with van der Waals surface area (Å²) >= 11 is 0. The average molecular weight is 330 g/mol. The van der Waals surface area contributed by atoms with E-state index in [4.69, 9.17) is 0 Å². The number of aliphatic hydroxyl groups is 2. The molecule has 0 aromatic rings. The molecule has 0 amide bonds. The van der Waals surface area contributed by atoms with Gasteiger partial charge >= 0.3 is 0 Å². The molecule has 2 N–H and O–H groups in total. The highest BCUT2D eigenvalue weighted by molar-refractivity contribution is 6.23. The molecule has 0 atom stereocenters. The highest BCUT2D eigenvalue weighted by Crippen LogP contribution is 2.33. The molecule has 0 heterocycles. The zero-order valence-corrected chi connectivity index (χ0v) is 13.8. The zero-order chi connectivity index (χ0) is 18.4. The van der Waals surface area contributed by atoms with Gasteiger partial charge in [-0.1, -0.05) is 12.2 Å². The van der Waals surface area contributed by atoms with Crippen molar-refractivity contribution in [1.82, 2.24) is 0 Å². The molecule has 0 radical (unpaired) electrons. The first-order chi connectivity index (χ1) is 10.9. The topological polar surface area (TPSA) is 109 Å². The highest BCUT2D eigenvalue weighted by Gasteiger charge is 2.44. The Bertz CT molecular complexity index is 731. The molecule has 0 aromatic carbocycles. The Balaban J connectivity index is 2.52. The summed E-state index contributed by atoms with van der Waals surface area (Å²) in [7, 11) is 0. The number of allylic oxidation sites excluding steroid dienone is 8. The van der Waals surface area contributed by atoms with Crippen LogP contribution in [0.3, 0.4) is 0 Å². The summed E-state index contributed by atoms with van der Waals surface area (Å²) in [5.41, 5.74) is -2.68. The van der Waals surface area contributed by atoms with E-state index in [0.717, 1.165) is 12.2 Å². The minimum atomic E-state index is -1.40. The number of aliphatic hydroxyl groups excluding tert-OH is 2. The van der Waals surface area contributed by atoms with Crippen molar-refractivity contribution in [3.63, 3.8) is 0 Å². The molecule has 6 heteroatoms. The third kappa shape index (κ3) is 2.54. The van der Waals surface area contributed by atoms with Gasteiger partial charge < -0.3 is 10.2 Å². The first-order valence-corrected chi connectivity index (χ1v) is 7.33. The summed E-state index contributed by atoms with van der Waals surface area (Å²) in [5, 5.41) is 19.4. The van der Waals surface area contributed by atoms with Crippen molar-refractivity contribution in [2.24, 2.45) is 10.8 Å². The summed E-state index contributed by atoms with van der Waals surface area (Å²) < 4.78 is 0. The molecule has 0 unspecified atom stereocenters. The van der Waals surface area contributed by atoms with Crippen molar-refractivity contribution in [2.45, 2.75) is 27.7 Å². The first-order valence-electron chi connectivity index (χ1n) is 7.33. The lowest BCUT2D eigenvalue weighted by molar-refractivity contribution is -0.137. The minimum absolute atomic E-state index is 0.0556. The van der Waals surface area contributed by atoms with Crippen LogP contribution in [0.2, 0.25) is 0 Å². The van der Waals surface area contributed by atoms with Crippen LogP contribution in [0.4, 0.5) is 0 Å². The standard InChI is InChI=1S/C18H18O6/c1-17(2)13(21)9(7-11(19)15(17)23)5-6-10-8-12(20)16(24)18(3,4)14(10)22/h5-8,19-20H,1-4H3/b9-5-,10-6-. The van der Waals surface area contributed by atoms with E-state index < -0.39 is 45.5 Å². The van der Waals surface area contributed by atoms with Crippen LogP contribution < -0.4 is 0 Å². The van der Waals surface area contributed by atoms with Gasteiger partial charge in [-0.2, -0.15) is 0 Å². The van der Waals surface area contributed by atoms with E-state index >= 15 is 0 Å². The summed E-state index contributed by atoms with van der Waals surface area (Å²) in [4.78, 5) is 48.3. The van der Waals surface area contributed by atoms with Gasteiger partial charge in [0, 0.05) is 11.1 Å². The number of rotatable bonds is 1. The Morgan fingerprint density at radius 3 is 1.25 bits per heavy atom. The molecule has 2 aliphatic carbocycles. The summed E-state index contributed by atoms with van der Waals surface area (Å²) in [5.74, 6) is -3.39. The number of carbonyl (C=O) groups is 4. The van der Waals surface area contributed by atoms with E-state index in [1.165, 1.54) is 39.8 Å². The van der Waals surface area contributed by atoms with Gasteiger partial charge in [0.25, 0.3) is 0 Å².